The predicted molar refractivity (Wildman–Crippen MR) is 97.0 cm³/mol. The molecule has 4 nitrogen and oxygen atoms in total. The first kappa shape index (κ1) is 16.2. The standard InChI is InChI=1S/C19H25N3OS/c1-2-8-20-17(5-1)13-21-9-4-7-19(15-21)16-22(10-11-23-19)14-18-6-3-12-24-18/h1-3,5-6,8,12H,4,7,9-11,13-16H2/t19-/m1/s1. The topological polar surface area (TPSA) is 28.6 Å². The molecule has 2 aromatic rings. The summed E-state index contributed by atoms with van der Waals surface area (Å²) in [5.41, 5.74) is 1.16. The monoisotopic (exact) mass is 343 g/mol. The van der Waals surface area contributed by atoms with Crippen LogP contribution in [0.5, 0.6) is 0 Å². The summed E-state index contributed by atoms with van der Waals surface area (Å²) >= 11 is 1.85. The number of aromatic nitrogens is 1. The van der Waals surface area contributed by atoms with Crippen LogP contribution >= 0.6 is 11.3 Å². The SMILES string of the molecule is c1ccc(CN2CCC[C@@]3(C2)CN(Cc2cccs2)CCO3)nc1. The zero-order valence-corrected chi connectivity index (χ0v) is 14.9. The first-order valence-electron chi connectivity index (χ1n) is 8.82. The molecule has 4 heterocycles. The van der Waals surface area contributed by atoms with Gasteiger partial charge in [0.05, 0.1) is 17.9 Å². The second kappa shape index (κ2) is 7.31. The van der Waals surface area contributed by atoms with Crippen LogP contribution in [0.15, 0.2) is 41.9 Å². The van der Waals surface area contributed by atoms with Crippen molar-refractivity contribution in [1.82, 2.24) is 14.8 Å². The van der Waals surface area contributed by atoms with Gasteiger partial charge in [0.25, 0.3) is 0 Å². The fourth-order valence-corrected chi connectivity index (χ4v) is 4.72. The minimum absolute atomic E-state index is 0.00252. The number of ether oxygens (including phenoxy) is 1. The Bertz CT molecular complexity index is 629. The fourth-order valence-electron chi connectivity index (χ4n) is 3.97. The molecule has 0 aromatic carbocycles. The Labute approximate surface area is 148 Å². The lowest BCUT2D eigenvalue weighted by Gasteiger charge is -2.48. The third kappa shape index (κ3) is 3.86. The smallest absolute Gasteiger partial charge is 0.0936 e. The molecule has 0 aliphatic carbocycles. The number of thiophene rings is 1. The molecule has 2 fully saturated rings. The lowest BCUT2D eigenvalue weighted by molar-refractivity contribution is -0.142. The Kier molecular flexibility index (Phi) is 4.94. The number of piperidine rings is 1. The van der Waals surface area contributed by atoms with Crippen molar-refractivity contribution in [2.45, 2.75) is 31.5 Å². The van der Waals surface area contributed by atoms with E-state index in [-0.39, 0.29) is 5.60 Å². The van der Waals surface area contributed by atoms with Crippen molar-refractivity contribution >= 4 is 11.3 Å². The van der Waals surface area contributed by atoms with Gasteiger partial charge >= 0.3 is 0 Å². The van der Waals surface area contributed by atoms with Crippen LogP contribution in [0.4, 0.5) is 0 Å². The zero-order chi connectivity index (χ0) is 16.2. The van der Waals surface area contributed by atoms with Crippen LogP contribution in [0, 0.1) is 0 Å². The van der Waals surface area contributed by atoms with Gasteiger partial charge in [0.2, 0.25) is 0 Å². The summed E-state index contributed by atoms with van der Waals surface area (Å²) in [6.07, 6.45) is 4.27. The number of hydrogen-bond donors (Lipinski definition) is 0. The fraction of sp³-hybridized carbons (Fsp3) is 0.526. The van der Waals surface area contributed by atoms with Gasteiger partial charge in [-0.1, -0.05) is 12.1 Å². The van der Waals surface area contributed by atoms with Crippen molar-refractivity contribution in [3.8, 4) is 0 Å². The Balaban J connectivity index is 1.40. The van der Waals surface area contributed by atoms with Gasteiger partial charge in [0.15, 0.2) is 0 Å². The van der Waals surface area contributed by atoms with E-state index in [4.69, 9.17) is 4.74 Å². The Hall–Kier alpha value is -1.27. The lowest BCUT2D eigenvalue weighted by atomic mass is 9.90. The van der Waals surface area contributed by atoms with Crippen molar-refractivity contribution in [3.05, 3.63) is 52.5 Å². The molecule has 0 radical (unpaired) electrons. The zero-order valence-electron chi connectivity index (χ0n) is 14.1. The molecule has 0 amide bonds. The van der Waals surface area contributed by atoms with E-state index in [1.54, 1.807) is 0 Å². The number of hydrogen-bond acceptors (Lipinski definition) is 5. The van der Waals surface area contributed by atoms with E-state index in [9.17, 15) is 0 Å². The number of morpholine rings is 1. The summed E-state index contributed by atoms with van der Waals surface area (Å²) in [5, 5.41) is 2.17. The molecule has 0 saturated carbocycles. The third-order valence-corrected chi connectivity index (χ3v) is 5.88. The van der Waals surface area contributed by atoms with Crippen molar-refractivity contribution in [1.29, 1.82) is 0 Å². The van der Waals surface area contributed by atoms with Gasteiger partial charge in [-0.3, -0.25) is 14.8 Å². The summed E-state index contributed by atoms with van der Waals surface area (Å²) < 4.78 is 6.32. The van der Waals surface area contributed by atoms with E-state index in [0.717, 1.165) is 51.6 Å². The van der Waals surface area contributed by atoms with Crippen LogP contribution < -0.4 is 0 Å². The molecule has 1 atom stereocenters. The predicted octanol–water partition coefficient (Wildman–Crippen LogP) is 3.01. The van der Waals surface area contributed by atoms with Gasteiger partial charge in [-0.05, 0) is 43.0 Å². The first-order valence-corrected chi connectivity index (χ1v) is 9.70. The van der Waals surface area contributed by atoms with Crippen molar-refractivity contribution in [2.24, 2.45) is 0 Å². The van der Waals surface area contributed by atoms with Crippen molar-refractivity contribution < 1.29 is 4.74 Å². The van der Waals surface area contributed by atoms with E-state index in [2.05, 4.69) is 44.4 Å². The highest BCUT2D eigenvalue weighted by atomic mass is 32.1. The molecule has 2 aromatic heterocycles. The summed E-state index contributed by atoms with van der Waals surface area (Å²) in [5.74, 6) is 0. The molecular weight excluding hydrogens is 318 g/mol. The lowest BCUT2D eigenvalue weighted by Crippen LogP contribution is -2.59. The molecular formula is C19H25N3OS. The summed E-state index contributed by atoms with van der Waals surface area (Å²) in [6.45, 7) is 7.09. The quantitative estimate of drug-likeness (QED) is 0.853. The second-order valence-corrected chi connectivity index (χ2v) is 7.99. The number of rotatable bonds is 4. The van der Waals surface area contributed by atoms with E-state index >= 15 is 0 Å². The highest BCUT2D eigenvalue weighted by molar-refractivity contribution is 7.09. The van der Waals surface area contributed by atoms with Gasteiger partial charge in [-0.2, -0.15) is 0 Å². The first-order chi connectivity index (χ1) is 11.8. The maximum Gasteiger partial charge on any atom is 0.0936 e. The molecule has 0 bridgehead atoms. The molecule has 24 heavy (non-hydrogen) atoms. The van der Waals surface area contributed by atoms with Gasteiger partial charge in [-0.15, -0.1) is 11.3 Å². The average molecular weight is 343 g/mol. The average Bonchev–Trinajstić information content (AvgIpc) is 3.09. The molecule has 4 rings (SSSR count). The summed E-state index contributed by atoms with van der Waals surface area (Å²) in [4.78, 5) is 11.0. The van der Waals surface area contributed by atoms with Crippen LogP contribution in [0.2, 0.25) is 0 Å². The minimum atomic E-state index is 0.00252. The molecule has 128 valence electrons. The normalized spacial score (nSPS) is 26.0. The highest BCUT2D eigenvalue weighted by Crippen LogP contribution is 2.30. The number of nitrogens with zero attached hydrogens (tertiary/aromatic N) is 3. The highest BCUT2D eigenvalue weighted by Gasteiger charge is 2.40. The van der Waals surface area contributed by atoms with Gasteiger partial charge in [0.1, 0.15) is 0 Å². The van der Waals surface area contributed by atoms with Gasteiger partial charge in [-0.25, -0.2) is 0 Å². The Morgan fingerprint density at radius 2 is 2.00 bits per heavy atom. The Morgan fingerprint density at radius 1 is 1.08 bits per heavy atom. The summed E-state index contributed by atoms with van der Waals surface area (Å²) in [6, 6.07) is 10.5. The van der Waals surface area contributed by atoms with E-state index < -0.39 is 0 Å². The molecule has 0 N–H and O–H groups in total. The number of pyridine rings is 1. The molecule has 0 unspecified atom stereocenters. The van der Waals surface area contributed by atoms with Gasteiger partial charge in [0, 0.05) is 43.8 Å². The maximum absolute atomic E-state index is 6.32. The Morgan fingerprint density at radius 3 is 2.79 bits per heavy atom. The van der Waals surface area contributed by atoms with Crippen LogP contribution in [-0.2, 0) is 17.8 Å². The molecule has 2 aliphatic rings. The van der Waals surface area contributed by atoms with Gasteiger partial charge < -0.3 is 4.74 Å². The van der Waals surface area contributed by atoms with Crippen LogP contribution in [0.1, 0.15) is 23.4 Å². The maximum atomic E-state index is 6.32. The largest absolute Gasteiger partial charge is 0.371 e. The molecule has 1 spiro atoms. The van der Waals surface area contributed by atoms with E-state index in [1.165, 1.54) is 17.7 Å². The van der Waals surface area contributed by atoms with E-state index in [1.807, 2.05) is 23.6 Å². The van der Waals surface area contributed by atoms with Crippen LogP contribution in [0.25, 0.3) is 0 Å². The van der Waals surface area contributed by atoms with Crippen molar-refractivity contribution in [2.75, 3.05) is 32.8 Å². The van der Waals surface area contributed by atoms with Crippen LogP contribution in [0.3, 0.4) is 0 Å². The number of likely N-dealkylation sites (tertiary alicyclic amines) is 1. The molecule has 2 saturated heterocycles. The van der Waals surface area contributed by atoms with Crippen LogP contribution in [-0.4, -0.2) is 53.2 Å². The second-order valence-electron chi connectivity index (χ2n) is 6.96. The minimum Gasteiger partial charge on any atom is -0.371 e. The van der Waals surface area contributed by atoms with E-state index in [0.29, 0.717) is 0 Å². The summed E-state index contributed by atoms with van der Waals surface area (Å²) in [7, 11) is 0. The molecule has 2 aliphatic heterocycles. The molecule has 5 heteroatoms. The van der Waals surface area contributed by atoms with Crippen molar-refractivity contribution in [3.63, 3.8) is 0 Å². The third-order valence-electron chi connectivity index (χ3n) is 5.02.